The first-order chi connectivity index (χ1) is 30.5. The van der Waals surface area contributed by atoms with Crippen LogP contribution in [0.15, 0.2) is 96.3 Å². The van der Waals surface area contributed by atoms with E-state index in [4.69, 9.17) is 25.8 Å². The first-order valence-electron chi connectivity index (χ1n) is 21.0. The first kappa shape index (κ1) is 44.1. The Labute approximate surface area is 376 Å². The number of aryl methyl sites for hydroxylation is 1. The number of amides is 1. The molecule has 8 rings (SSSR count). The Kier molecular flexibility index (Phi) is 11.8. The van der Waals surface area contributed by atoms with Crippen LogP contribution in [-0.2, 0) is 17.1 Å². The normalized spacial score (nSPS) is 18.1. The lowest BCUT2D eigenvalue weighted by Crippen LogP contribution is -2.74. The summed E-state index contributed by atoms with van der Waals surface area (Å²) in [5.74, 6) is 2.33. The number of piperidine rings is 1. The van der Waals surface area contributed by atoms with Crippen LogP contribution in [0.25, 0.3) is 22.0 Å². The van der Waals surface area contributed by atoms with Gasteiger partial charge in [-0.2, -0.15) is 5.26 Å². The van der Waals surface area contributed by atoms with Gasteiger partial charge in [-0.1, -0.05) is 45.4 Å². The van der Waals surface area contributed by atoms with Crippen LogP contribution in [0.1, 0.15) is 63.4 Å². The molecule has 2 aliphatic rings. The molecule has 332 valence electrons. The predicted molar refractivity (Wildman–Crippen MR) is 246 cm³/mol. The summed E-state index contributed by atoms with van der Waals surface area (Å²) in [4.78, 5) is 40.6. The molecular formula is C47H49ClN8O7S. The van der Waals surface area contributed by atoms with E-state index in [0.717, 1.165) is 0 Å². The minimum absolute atomic E-state index is 0.0821. The Bertz CT molecular complexity index is 2940. The zero-order valence-electron chi connectivity index (χ0n) is 36.3. The molecule has 0 bridgehead atoms. The molecule has 1 saturated carbocycles. The first-order valence-corrected chi connectivity index (χ1v) is 23.0. The second-order valence-electron chi connectivity index (χ2n) is 17.4. The summed E-state index contributed by atoms with van der Waals surface area (Å²) in [5, 5.41) is 13.4. The number of anilines is 2. The maximum Gasteiger partial charge on any atom is 0.274 e. The number of nitrogens with zero attached hydrogens (tertiary/aromatic N) is 5. The van der Waals surface area contributed by atoms with Crippen molar-refractivity contribution in [3.05, 3.63) is 118 Å². The molecule has 0 unspecified atom stereocenters. The number of H-pyrrole nitrogens is 1. The lowest BCUT2D eigenvalue weighted by molar-refractivity contribution is -0.164. The smallest absolute Gasteiger partial charge is 0.274 e. The number of sulfonamides is 1. The number of hydrogen-bond donors (Lipinski definition) is 3. The van der Waals surface area contributed by atoms with Gasteiger partial charge >= 0.3 is 0 Å². The van der Waals surface area contributed by atoms with Crippen LogP contribution in [0.4, 0.5) is 11.6 Å². The van der Waals surface area contributed by atoms with Gasteiger partial charge in [-0.15, -0.1) is 0 Å². The number of aromatic amines is 1. The zero-order chi connectivity index (χ0) is 45.6. The van der Waals surface area contributed by atoms with Crippen molar-refractivity contribution in [2.24, 2.45) is 17.9 Å². The van der Waals surface area contributed by atoms with E-state index in [9.17, 15) is 23.3 Å². The molecule has 4 heterocycles. The van der Waals surface area contributed by atoms with Crippen LogP contribution < -0.4 is 34.7 Å². The van der Waals surface area contributed by atoms with Crippen molar-refractivity contribution in [3.63, 3.8) is 0 Å². The van der Waals surface area contributed by atoms with Crippen molar-refractivity contribution < 1.29 is 27.4 Å². The molecule has 1 saturated heterocycles. The standard InChI is InChI=1S/C47H49ClN8O7S/c1-7-64(59,60)54-30-12-14-39(36(21-30)37-27-55(6)42(58)40-35(37)15-18-50-40)62-33-10-8-9-32(22-33)61-31-16-19-56(20-17-31)45-51-25-29(26-52-45)41(57)53-43-46(2,3)44(47(43,4)5)63-34-13-11-28(24-49)38(48)23-34/h8-15,18,21-23,25-27,31,43-44,50,54H,7,16-17,19-20H2,1-6H3,(H,53,57). The number of hydrogen-bond acceptors (Lipinski definition) is 11. The Morgan fingerprint density at radius 3 is 2.34 bits per heavy atom. The average molecular weight is 905 g/mol. The molecule has 6 aromatic rings. The van der Waals surface area contributed by atoms with E-state index in [2.05, 4.69) is 63.7 Å². The second-order valence-corrected chi connectivity index (χ2v) is 19.8. The predicted octanol–water partition coefficient (Wildman–Crippen LogP) is 8.06. The van der Waals surface area contributed by atoms with E-state index in [1.165, 1.54) is 4.57 Å². The van der Waals surface area contributed by atoms with Gasteiger partial charge in [-0.3, -0.25) is 14.3 Å². The highest BCUT2D eigenvalue weighted by atomic mass is 35.5. The monoisotopic (exact) mass is 904 g/mol. The highest BCUT2D eigenvalue weighted by Crippen LogP contribution is 2.55. The number of nitrogens with one attached hydrogen (secondary N) is 3. The van der Waals surface area contributed by atoms with E-state index in [0.29, 0.717) is 98.7 Å². The molecule has 2 fully saturated rings. The third-order valence-electron chi connectivity index (χ3n) is 12.2. The Balaban J connectivity index is 0.888. The largest absolute Gasteiger partial charge is 0.490 e. The lowest BCUT2D eigenvalue weighted by atomic mass is 9.49. The summed E-state index contributed by atoms with van der Waals surface area (Å²) in [7, 11) is -1.90. The van der Waals surface area contributed by atoms with Gasteiger partial charge in [0.25, 0.3) is 11.5 Å². The number of carbonyl (C=O) groups excluding carboxylic acids is 1. The Morgan fingerprint density at radius 1 is 0.953 bits per heavy atom. The van der Waals surface area contributed by atoms with Gasteiger partial charge in [0.15, 0.2) is 0 Å². The quantitative estimate of drug-likeness (QED) is 0.102. The van der Waals surface area contributed by atoms with Gasteiger partial charge in [-0.25, -0.2) is 18.4 Å². The molecule has 3 aromatic carbocycles. The number of fused-ring (bicyclic) bond motifs is 1. The number of benzene rings is 3. The Morgan fingerprint density at radius 2 is 1.66 bits per heavy atom. The topological polar surface area (TPSA) is 194 Å². The Hall–Kier alpha value is -6.57. The van der Waals surface area contributed by atoms with Gasteiger partial charge in [-0.05, 0) is 55.5 Å². The average Bonchev–Trinajstić information content (AvgIpc) is 3.77. The van der Waals surface area contributed by atoms with Crippen LogP contribution in [0, 0.1) is 22.2 Å². The van der Waals surface area contributed by atoms with Crippen LogP contribution in [0.5, 0.6) is 23.0 Å². The van der Waals surface area contributed by atoms with Crippen LogP contribution >= 0.6 is 11.6 Å². The second kappa shape index (κ2) is 17.2. The summed E-state index contributed by atoms with van der Waals surface area (Å²) < 4.78 is 48.3. The van der Waals surface area contributed by atoms with Crippen molar-refractivity contribution in [1.82, 2.24) is 24.8 Å². The molecule has 64 heavy (non-hydrogen) atoms. The number of carbonyl (C=O) groups is 1. The van der Waals surface area contributed by atoms with E-state index in [-0.39, 0.29) is 35.5 Å². The third kappa shape index (κ3) is 8.69. The molecule has 1 aliphatic heterocycles. The van der Waals surface area contributed by atoms with Gasteiger partial charge < -0.3 is 34.0 Å². The summed E-state index contributed by atoms with van der Waals surface area (Å²) in [5.41, 5.74) is 1.77. The van der Waals surface area contributed by atoms with Crippen LogP contribution in [-0.4, -0.2) is 70.9 Å². The lowest BCUT2D eigenvalue weighted by Gasteiger charge is -2.63. The number of pyridine rings is 1. The SMILES string of the molecule is CCS(=O)(=O)Nc1ccc(Oc2cccc(OC3CCN(c4ncc(C(=O)NC5C(C)(C)C(Oc6ccc(C#N)c(Cl)c6)C5(C)C)cn4)CC3)c2)c(-c2cn(C)c(=O)c3[nH]ccc23)c1. The summed E-state index contributed by atoms with van der Waals surface area (Å²) in [6.07, 6.45) is 7.61. The third-order valence-corrected chi connectivity index (χ3v) is 13.8. The summed E-state index contributed by atoms with van der Waals surface area (Å²) >= 11 is 6.25. The molecule has 1 aliphatic carbocycles. The van der Waals surface area contributed by atoms with E-state index in [1.807, 2.05) is 24.3 Å². The van der Waals surface area contributed by atoms with Gasteiger partial charge in [0.1, 0.15) is 46.8 Å². The minimum atomic E-state index is -3.56. The number of aromatic nitrogens is 4. The van der Waals surface area contributed by atoms with Crippen molar-refractivity contribution in [3.8, 4) is 40.2 Å². The fourth-order valence-corrected chi connectivity index (χ4v) is 9.99. The fourth-order valence-electron chi connectivity index (χ4n) is 9.14. The van der Waals surface area contributed by atoms with E-state index in [1.54, 1.807) is 81.2 Å². The molecule has 17 heteroatoms. The molecule has 0 atom stereocenters. The number of halogens is 1. The van der Waals surface area contributed by atoms with Crippen molar-refractivity contribution >= 4 is 50.1 Å². The molecular weight excluding hydrogens is 856 g/mol. The van der Waals surface area contributed by atoms with Crippen LogP contribution in [0.3, 0.4) is 0 Å². The zero-order valence-corrected chi connectivity index (χ0v) is 37.9. The summed E-state index contributed by atoms with van der Waals surface area (Å²) in [6, 6.07) is 21.1. The van der Waals surface area contributed by atoms with Gasteiger partial charge in [0.05, 0.1) is 21.9 Å². The van der Waals surface area contributed by atoms with E-state index >= 15 is 0 Å². The number of rotatable bonds is 13. The highest BCUT2D eigenvalue weighted by molar-refractivity contribution is 7.92. The fraction of sp³-hybridized carbons (Fsp3) is 0.340. The number of nitriles is 1. The molecule has 0 radical (unpaired) electrons. The van der Waals surface area contributed by atoms with Crippen LogP contribution in [0.2, 0.25) is 5.02 Å². The minimum Gasteiger partial charge on any atom is -0.490 e. The highest BCUT2D eigenvalue weighted by Gasteiger charge is 2.64. The molecule has 0 spiro atoms. The van der Waals surface area contributed by atoms with E-state index < -0.39 is 20.9 Å². The van der Waals surface area contributed by atoms with Crippen molar-refractivity contribution in [2.75, 3.05) is 28.5 Å². The maximum absolute atomic E-state index is 13.5. The number of ether oxygens (including phenoxy) is 3. The van der Waals surface area contributed by atoms with Crippen molar-refractivity contribution in [1.29, 1.82) is 5.26 Å². The molecule has 3 N–H and O–H groups in total. The summed E-state index contributed by atoms with van der Waals surface area (Å²) in [6.45, 7) is 11.1. The van der Waals surface area contributed by atoms with Gasteiger partial charge in [0.2, 0.25) is 16.0 Å². The van der Waals surface area contributed by atoms with Crippen molar-refractivity contribution in [2.45, 2.75) is 65.7 Å². The molecule has 3 aromatic heterocycles. The molecule has 1 amide bonds. The maximum atomic E-state index is 13.5. The van der Waals surface area contributed by atoms with Gasteiger partial charge in [0, 0.05) is 109 Å². The molecule has 15 nitrogen and oxygen atoms in total.